The lowest BCUT2D eigenvalue weighted by Gasteiger charge is -2.24. The fourth-order valence-corrected chi connectivity index (χ4v) is 4.01. The molecule has 3 aromatic rings. The second kappa shape index (κ2) is 10.4. The van der Waals surface area contributed by atoms with Crippen LogP contribution in [0.5, 0.6) is 0 Å². The summed E-state index contributed by atoms with van der Waals surface area (Å²) in [5.74, 6) is 0. The van der Waals surface area contributed by atoms with Crippen LogP contribution in [-0.2, 0) is 0 Å². The number of aliphatic hydroxyl groups excluding tert-OH is 1. The fourth-order valence-electron chi connectivity index (χ4n) is 3.45. The summed E-state index contributed by atoms with van der Waals surface area (Å²) in [4.78, 5) is 0. The molecule has 0 spiro atoms. The van der Waals surface area contributed by atoms with Gasteiger partial charge in [-0.1, -0.05) is 60.8 Å². The standard InChI is InChI=1S/C22H22Cl2F3NO.ClH/c1-2-3-8-28-21(22(25,26)27)12-20(29)14-5-4-13-6-7-16-18(17(13)9-14)10-15(23)11-19(16)24;/h4-7,9-11,20-21,28-29H,2-3,8,12H2,1H3;1H. The predicted molar refractivity (Wildman–Crippen MR) is 121 cm³/mol. The predicted octanol–water partition coefficient (Wildman–Crippen LogP) is 7.47. The summed E-state index contributed by atoms with van der Waals surface area (Å²) in [7, 11) is 0. The quantitative estimate of drug-likeness (QED) is 0.272. The Morgan fingerprint density at radius 1 is 1.00 bits per heavy atom. The average Bonchev–Trinajstić information content (AvgIpc) is 2.65. The van der Waals surface area contributed by atoms with Crippen molar-refractivity contribution in [3.05, 3.63) is 58.1 Å². The van der Waals surface area contributed by atoms with Crippen LogP contribution < -0.4 is 5.32 Å². The van der Waals surface area contributed by atoms with Crippen LogP contribution in [0.2, 0.25) is 10.0 Å². The Labute approximate surface area is 189 Å². The number of aliphatic hydroxyl groups is 1. The topological polar surface area (TPSA) is 32.3 Å². The zero-order valence-corrected chi connectivity index (χ0v) is 18.6. The molecule has 0 aromatic heterocycles. The molecule has 0 saturated carbocycles. The Hall–Kier alpha value is -1.24. The molecule has 30 heavy (non-hydrogen) atoms. The third-order valence-electron chi connectivity index (χ3n) is 5.05. The molecule has 0 aliphatic carbocycles. The SMILES string of the molecule is CCCCNC(CC(O)c1ccc2ccc3c(Cl)cc(Cl)cc3c2c1)C(F)(F)F.Cl. The summed E-state index contributed by atoms with van der Waals surface area (Å²) in [6.07, 6.45) is -4.70. The van der Waals surface area contributed by atoms with Crippen LogP contribution in [0.3, 0.4) is 0 Å². The maximum atomic E-state index is 13.4. The molecule has 164 valence electrons. The molecule has 2 N–H and O–H groups in total. The maximum absolute atomic E-state index is 13.4. The van der Waals surface area contributed by atoms with Crippen LogP contribution in [0.1, 0.15) is 37.9 Å². The largest absolute Gasteiger partial charge is 0.403 e. The summed E-state index contributed by atoms with van der Waals surface area (Å²) in [6, 6.07) is 10.6. The molecule has 3 aromatic carbocycles. The first-order chi connectivity index (χ1) is 13.7. The van der Waals surface area contributed by atoms with Crippen molar-refractivity contribution >= 4 is 57.2 Å². The highest BCUT2D eigenvalue weighted by Gasteiger charge is 2.40. The number of rotatable bonds is 7. The smallest absolute Gasteiger partial charge is 0.388 e. The number of unbranched alkanes of at least 4 members (excludes halogenated alkanes) is 1. The van der Waals surface area contributed by atoms with E-state index in [1.807, 2.05) is 19.1 Å². The first-order valence-electron chi connectivity index (χ1n) is 9.50. The van der Waals surface area contributed by atoms with Gasteiger partial charge in [-0.3, -0.25) is 0 Å². The number of halogens is 6. The Kier molecular flexibility index (Phi) is 8.66. The van der Waals surface area contributed by atoms with Crippen LogP contribution in [0, 0.1) is 0 Å². The van der Waals surface area contributed by atoms with Crippen LogP contribution in [-0.4, -0.2) is 23.9 Å². The number of fused-ring (bicyclic) bond motifs is 3. The Balaban J connectivity index is 0.00000320. The van der Waals surface area contributed by atoms with Gasteiger partial charge < -0.3 is 10.4 Å². The molecule has 3 rings (SSSR count). The molecule has 0 aliphatic rings. The number of hydrogen-bond acceptors (Lipinski definition) is 2. The minimum atomic E-state index is -4.43. The monoisotopic (exact) mass is 479 g/mol. The molecule has 0 aliphatic heterocycles. The van der Waals surface area contributed by atoms with Gasteiger partial charge in [0.25, 0.3) is 0 Å². The summed E-state index contributed by atoms with van der Waals surface area (Å²) in [5.41, 5.74) is 0.424. The first-order valence-corrected chi connectivity index (χ1v) is 10.3. The second-order valence-corrected chi connectivity index (χ2v) is 8.03. The zero-order valence-electron chi connectivity index (χ0n) is 16.3. The molecule has 8 heteroatoms. The highest BCUT2D eigenvalue weighted by atomic mass is 35.5. The molecular formula is C22H23Cl3F3NO. The summed E-state index contributed by atoms with van der Waals surface area (Å²) >= 11 is 12.4. The number of alkyl halides is 3. The van der Waals surface area contributed by atoms with Gasteiger partial charge in [0.1, 0.15) is 6.04 Å². The van der Waals surface area contributed by atoms with Crippen LogP contribution in [0.25, 0.3) is 21.5 Å². The van der Waals surface area contributed by atoms with E-state index in [9.17, 15) is 18.3 Å². The van der Waals surface area contributed by atoms with E-state index in [2.05, 4.69) is 5.32 Å². The third kappa shape index (κ3) is 5.71. The molecule has 2 nitrogen and oxygen atoms in total. The lowest BCUT2D eigenvalue weighted by molar-refractivity contribution is -0.162. The lowest BCUT2D eigenvalue weighted by atomic mass is 9.95. The molecule has 0 heterocycles. The van der Waals surface area contributed by atoms with Crippen molar-refractivity contribution in [1.82, 2.24) is 5.32 Å². The Morgan fingerprint density at radius 2 is 1.70 bits per heavy atom. The number of benzene rings is 3. The molecule has 0 radical (unpaired) electrons. The number of nitrogens with one attached hydrogen (secondary N) is 1. The minimum absolute atomic E-state index is 0. The highest BCUT2D eigenvalue weighted by molar-refractivity contribution is 6.39. The van der Waals surface area contributed by atoms with Crippen LogP contribution in [0.15, 0.2) is 42.5 Å². The lowest BCUT2D eigenvalue weighted by Crippen LogP contribution is -2.43. The average molecular weight is 481 g/mol. The first kappa shape index (κ1) is 25.0. The van der Waals surface area contributed by atoms with E-state index in [1.165, 1.54) is 0 Å². The van der Waals surface area contributed by atoms with Crippen LogP contribution >= 0.6 is 35.6 Å². The molecule has 0 fully saturated rings. The fraction of sp³-hybridized carbons (Fsp3) is 0.364. The van der Waals surface area contributed by atoms with Gasteiger partial charge in [-0.25, -0.2) is 0 Å². The molecule has 2 atom stereocenters. The van der Waals surface area contributed by atoms with Gasteiger partial charge in [0.05, 0.1) is 6.10 Å². The van der Waals surface area contributed by atoms with Crippen LogP contribution in [0.4, 0.5) is 13.2 Å². The van der Waals surface area contributed by atoms with Gasteiger partial charge in [0.15, 0.2) is 0 Å². The van der Waals surface area contributed by atoms with Gasteiger partial charge in [-0.05, 0) is 52.9 Å². The van der Waals surface area contributed by atoms with Gasteiger partial charge in [0.2, 0.25) is 0 Å². The van der Waals surface area contributed by atoms with Crippen molar-refractivity contribution in [3.63, 3.8) is 0 Å². The Bertz CT molecular complexity index is 1010. The molecule has 0 saturated heterocycles. The summed E-state index contributed by atoms with van der Waals surface area (Å²) in [5, 5.41) is 17.3. The van der Waals surface area contributed by atoms with Crippen molar-refractivity contribution in [2.75, 3.05) is 6.54 Å². The van der Waals surface area contributed by atoms with Gasteiger partial charge >= 0.3 is 6.18 Å². The van der Waals surface area contributed by atoms with Crippen molar-refractivity contribution in [1.29, 1.82) is 0 Å². The van der Waals surface area contributed by atoms with Crippen molar-refractivity contribution in [2.45, 2.75) is 44.5 Å². The van der Waals surface area contributed by atoms with E-state index in [-0.39, 0.29) is 19.0 Å². The normalized spacial score (nSPS) is 14.0. The van der Waals surface area contributed by atoms with E-state index >= 15 is 0 Å². The number of hydrogen-bond donors (Lipinski definition) is 2. The zero-order chi connectivity index (χ0) is 21.2. The van der Waals surface area contributed by atoms with E-state index < -0.39 is 24.7 Å². The highest BCUT2D eigenvalue weighted by Crippen LogP contribution is 2.35. The molecular weight excluding hydrogens is 458 g/mol. The van der Waals surface area contributed by atoms with Gasteiger partial charge in [0, 0.05) is 21.9 Å². The molecule has 2 unspecified atom stereocenters. The van der Waals surface area contributed by atoms with E-state index in [0.717, 1.165) is 28.0 Å². The second-order valence-electron chi connectivity index (χ2n) is 7.18. The van der Waals surface area contributed by atoms with Gasteiger partial charge in [-0.2, -0.15) is 13.2 Å². The Morgan fingerprint density at radius 3 is 2.37 bits per heavy atom. The van der Waals surface area contributed by atoms with E-state index in [1.54, 1.807) is 30.3 Å². The van der Waals surface area contributed by atoms with Crippen molar-refractivity contribution in [3.8, 4) is 0 Å². The van der Waals surface area contributed by atoms with Crippen molar-refractivity contribution < 1.29 is 18.3 Å². The van der Waals surface area contributed by atoms with E-state index in [0.29, 0.717) is 22.0 Å². The summed E-state index contributed by atoms with van der Waals surface area (Å²) < 4.78 is 40.1. The molecule has 0 bridgehead atoms. The van der Waals surface area contributed by atoms with E-state index in [4.69, 9.17) is 23.2 Å². The van der Waals surface area contributed by atoms with Crippen molar-refractivity contribution in [2.24, 2.45) is 0 Å². The molecule has 0 amide bonds. The minimum Gasteiger partial charge on any atom is -0.388 e. The van der Waals surface area contributed by atoms with Gasteiger partial charge in [-0.15, -0.1) is 12.4 Å². The third-order valence-corrected chi connectivity index (χ3v) is 5.58. The maximum Gasteiger partial charge on any atom is 0.403 e. The summed E-state index contributed by atoms with van der Waals surface area (Å²) in [6.45, 7) is 2.17.